The predicted octanol–water partition coefficient (Wildman–Crippen LogP) is 0.181. The zero-order valence-electron chi connectivity index (χ0n) is 9.91. The molecule has 1 aromatic heterocycles. The number of anilines is 1. The Morgan fingerprint density at radius 3 is 3.21 bits per heavy atom. The fourth-order valence-corrected chi connectivity index (χ4v) is 3.73. The first-order chi connectivity index (χ1) is 9.15. The average molecular weight is 296 g/mol. The molecule has 0 bridgehead atoms. The van der Waals surface area contributed by atoms with Gasteiger partial charge < -0.3 is 16.0 Å². The maximum absolute atomic E-state index is 11.9. The highest BCUT2D eigenvalue weighted by atomic mass is 32.2. The Kier molecular flexibility index (Phi) is 3.19. The SMILES string of the molecule is Nc1nc(CC(=O)NC2C(=O)N3C=CCS[C@@H]23)cs1. The molecule has 0 radical (unpaired) electrons. The van der Waals surface area contributed by atoms with Gasteiger partial charge in [-0.1, -0.05) is 6.08 Å². The Hall–Kier alpha value is -1.54. The highest BCUT2D eigenvalue weighted by molar-refractivity contribution is 8.00. The highest BCUT2D eigenvalue weighted by Crippen LogP contribution is 2.33. The highest BCUT2D eigenvalue weighted by Gasteiger charge is 2.48. The first-order valence-corrected chi connectivity index (χ1v) is 7.67. The summed E-state index contributed by atoms with van der Waals surface area (Å²) < 4.78 is 0. The van der Waals surface area contributed by atoms with Crippen molar-refractivity contribution in [2.45, 2.75) is 17.8 Å². The molecule has 6 nitrogen and oxygen atoms in total. The number of thioether (sulfide) groups is 1. The summed E-state index contributed by atoms with van der Waals surface area (Å²) >= 11 is 2.95. The number of β-lactam (4-membered cyclic amide) rings is 1. The topological polar surface area (TPSA) is 88.3 Å². The van der Waals surface area contributed by atoms with Crippen molar-refractivity contribution < 1.29 is 9.59 Å². The molecule has 2 aliphatic heterocycles. The lowest BCUT2D eigenvalue weighted by Gasteiger charge is -2.46. The van der Waals surface area contributed by atoms with E-state index >= 15 is 0 Å². The Balaban J connectivity index is 1.58. The van der Waals surface area contributed by atoms with Gasteiger partial charge >= 0.3 is 0 Å². The van der Waals surface area contributed by atoms with Crippen molar-refractivity contribution in [1.82, 2.24) is 15.2 Å². The number of aromatic nitrogens is 1. The van der Waals surface area contributed by atoms with Crippen molar-refractivity contribution in [3.63, 3.8) is 0 Å². The summed E-state index contributed by atoms with van der Waals surface area (Å²) in [6, 6.07) is -0.418. The predicted molar refractivity (Wildman–Crippen MR) is 74.4 cm³/mol. The molecule has 8 heteroatoms. The number of hydrogen-bond donors (Lipinski definition) is 2. The van der Waals surface area contributed by atoms with Gasteiger partial charge in [0.15, 0.2) is 5.13 Å². The molecule has 0 spiro atoms. The van der Waals surface area contributed by atoms with Crippen LogP contribution in [0.3, 0.4) is 0 Å². The van der Waals surface area contributed by atoms with Crippen molar-refractivity contribution in [3.8, 4) is 0 Å². The zero-order chi connectivity index (χ0) is 13.4. The summed E-state index contributed by atoms with van der Waals surface area (Å²) in [5, 5.41) is 4.99. The van der Waals surface area contributed by atoms with Crippen LogP contribution >= 0.6 is 23.1 Å². The van der Waals surface area contributed by atoms with E-state index in [2.05, 4.69) is 10.3 Å². The van der Waals surface area contributed by atoms with Crippen molar-refractivity contribution in [3.05, 3.63) is 23.3 Å². The Labute approximate surface area is 118 Å². The van der Waals surface area contributed by atoms with Gasteiger partial charge in [-0.3, -0.25) is 9.59 Å². The molecule has 2 aliphatic rings. The number of nitrogens with two attached hydrogens (primary N) is 1. The lowest BCUT2D eigenvalue weighted by molar-refractivity contribution is -0.144. The summed E-state index contributed by atoms with van der Waals surface area (Å²) in [6.07, 6.45) is 3.88. The van der Waals surface area contributed by atoms with Gasteiger partial charge in [0.1, 0.15) is 11.4 Å². The molecule has 1 aromatic rings. The van der Waals surface area contributed by atoms with Crippen LogP contribution in [0.5, 0.6) is 0 Å². The van der Waals surface area contributed by atoms with E-state index in [0.29, 0.717) is 10.8 Å². The van der Waals surface area contributed by atoms with Crippen LogP contribution < -0.4 is 11.1 Å². The summed E-state index contributed by atoms with van der Waals surface area (Å²) in [7, 11) is 0. The number of amides is 2. The number of hydrogen-bond acceptors (Lipinski definition) is 6. The maximum Gasteiger partial charge on any atom is 0.253 e. The molecule has 1 saturated heterocycles. The third-order valence-electron chi connectivity index (χ3n) is 2.94. The molecule has 100 valence electrons. The number of thiazole rings is 1. The second-order valence-corrected chi connectivity index (χ2v) is 6.29. The normalized spacial score (nSPS) is 24.8. The monoisotopic (exact) mass is 296 g/mol. The minimum atomic E-state index is -0.418. The molecule has 3 N–H and O–H groups in total. The van der Waals surface area contributed by atoms with E-state index in [0.717, 1.165) is 5.75 Å². The van der Waals surface area contributed by atoms with Crippen LogP contribution in [-0.2, 0) is 16.0 Å². The van der Waals surface area contributed by atoms with E-state index < -0.39 is 6.04 Å². The fourth-order valence-electron chi connectivity index (χ4n) is 2.06. The number of carbonyl (C=O) groups excluding carboxylic acids is 2. The van der Waals surface area contributed by atoms with E-state index in [1.165, 1.54) is 11.3 Å². The van der Waals surface area contributed by atoms with Crippen LogP contribution in [0, 0.1) is 0 Å². The van der Waals surface area contributed by atoms with E-state index in [-0.39, 0.29) is 23.6 Å². The molecule has 3 heterocycles. The number of nitrogen functional groups attached to an aromatic ring is 1. The minimum absolute atomic E-state index is 0.0296. The smallest absolute Gasteiger partial charge is 0.253 e. The second kappa shape index (κ2) is 4.86. The number of nitrogens with one attached hydrogen (secondary N) is 1. The molecule has 0 aliphatic carbocycles. The standard InChI is InChI=1S/C11H12N4O2S2/c12-11-13-6(5-19-11)4-7(16)14-8-9(17)15-2-1-3-18-10(8)15/h1-2,5,8,10H,3-4H2,(H2,12,13)(H,14,16)/t8?,10-/m0/s1. The largest absolute Gasteiger partial charge is 0.375 e. The number of carbonyl (C=O) groups is 2. The number of fused-ring (bicyclic) bond motifs is 1. The quantitative estimate of drug-likeness (QED) is 0.777. The number of rotatable bonds is 3. The number of nitrogens with zero attached hydrogens (tertiary/aromatic N) is 2. The van der Waals surface area contributed by atoms with Gasteiger partial charge in [-0.25, -0.2) is 4.98 Å². The summed E-state index contributed by atoms with van der Waals surface area (Å²) in [5.41, 5.74) is 6.15. The lowest BCUT2D eigenvalue weighted by atomic mass is 10.1. The zero-order valence-corrected chi connectivity index (χ0v) is 11.5. The third-order valence-corrected chi connectivity index (χ3v) is 4.89. The molecule has 0 saturated carbocycles. The molecular weight excluding hydrogens is 284 g/mol. The van der Waals surface area contributed by atoms with Gasteiger partial charge in [0, 0.05) is 17.3 Å². The molecule has 1 fully saturated rings. The molecule has 19 heavy (non-hydrogen) atoms. The molecule has 0 aromatic carbocycles. The van der Waals surface area contributed by atoms with Crippen LogP contribution in [0.2, 0.25) is 0 Å². The second-order valence-electron chi connectivity index (χ2n) is 4.25. The summed E-state index contributed by atoms with van der Waals surface area (Å²) in [5.74, 6) is 0.613. The Morgan fingerprint density at radius 2 is 2.47 bits per heavy atom. The molecule has 1 unspecified atom stereocenters. The van der Waals surface area contributed by atoms with Crippen molar-refractivity contribution >= 4 is 40.0 Å². The van der Waals surface area contributed by atoms with E-state index in [1.807, 2.05) is 6.08 Å². The van der Waals surface area contributed by atoms with Gasteiger partial charge in [-0.15, -0.1) is 23.1 Å². The van der Waals surface area contributed by atoms with Gasteiger partial charge in [0.25, 0.3) is 5.91 Å². The lowest BCUT2D eigenvalue weighted by Crippen LogP contribution is -2.68. The van der Waals surface area contributed by atoms with Crippen LogP contribution in [0.4, 0.5) is 5.13 Å². The van der Waals surface area contributed by atoms with Crippen molar-refractivity contribution in [1.29, 1.82) is 0 Å². The first-order valence-electron chi connectivity index (χ1n) is 5.75. The van der Waals surface area contributed by atoms with E-state index in [1.54, 1.807) is 28.2 Å². The van der Waals surface area contributed by atoms with E-state index in [4.69, 9.17) is 5.73 Å². The Morgan fingerprint density at radius 1 is 1.63 bits per heavy atom. The van der Waals surface area contributed by atoms with Crippen molar-refractivity contribution in [2.24, 2.45) is 0 Å². The average Bonchev–Trinajstić information content (AvgIpc) is 2.81. The van der Waals surface area contributed by atoms with Crippen LogP contribution in [0.15, 0.2) is 17.7 Å². The van der Waals surface area contributed by atoms with Crippen LogP contribution in [0.1, 0.15) is 5.69 Å². The molecule has 2 amide bonds. The molecule has 2 atom stereocenters. The van der Waals surface area contributed by atoms with Crippen LogP contribution in [0.25, 0.3) is 0 Å². The van der Waals surface area contributed by atoms with Crippen molar-refractivity contribution in [2.75, 3.05) is 11.5 Å². The van der Waals surface area contributed by atoms with Gasteiger partial charge in [-0.2, -0.15) is 0 Å². The van der Waals surface area contributed by atoms with Gasteiger partial charge in [-0.05, 0) is 0 Å². The first kappa shape index (κ1) is 12.5. The third kappa shape index (κ3) is 2.33. The fraction of sp³-hybridized carbons (Fsp3) is 0.364. The minimum Gasteiger partial charge on any atom is -0.375 e. The van der Waals surface area contributed by atoms with Gasteiger partial charge in [0.05, 0.1) is 12.1 Å². The van der Waals surface area contributed by atoms with Crippen LogP contribution in [-0.4, -0.2) is 38.9 Å². The van der Waals surface area contributed by atoms with Gasteiger partial charge in [0.2, 0.25) is 5.91 Å². The van der Waals surface area contributed by atoms with E-state index in [9.17, 15) is 9.59 Å². The summed E-state index contributed by atoms with van der Waals surface area (Å²) in [6.45, 7) is 0. The maximum atomic E-state index is 11.9. The molecule has 3 rings (SSSR count). The summed E-state index contributed by atoms with van der Waals surface area (Å²) in [4.78, 5) is 29.3. The Bertz CT molecular complexity index is 557. The molecular formula is C11H12N4O2S2.